The molecule has 0 aliphatic heterocycles. The number of ether oxygens (including phenoxy) is 1. The Labute approximate surface area is 110 Å². The standard InChI is InChI=1S/C14H12ClFO2/c1-9-5-11(17)7-12(6-9)18-8-10-3-2-4-13(15)14(10)16/h2-7,17H,8H2,1H3. The zero-order valence-electron chi connectivity index (χ0n) is 9.78. The molecule has 2 aromatic carbocycles. The second kappa shape index (κ2) is 5.27. The van der Waals surface area contributed by atoms with E-state index in [0.717, 1.165) is 5.56 Å². The van der Waals surface area contributed by atoms with E-state index in [0.29, 0.717) is 11.3 Å². The minimum atomic E-state index is -0.476. The van der Waals surface area contributed by atoms with Crippen LogP contribution < -0.4 is 4.74 Å². The molecule has 0 bridgehead atoms. The van der Waals surface area contributed by atoms with Gasteiger partial charge in [0.2, 0.25) is 0 Å². The van der Waals surface area contributed by atoms with Crippen molar-refractivity contribution in [2.75, 3.05) is 0 Å². The third kappa shape index (κ3) is 2.93. The van der Waals surface area contributed by atoms with Gasteiger partial charge in [-0.25, -0.2) is 4.39 Å². The molecule has 0 heterocycles. The van der Waals surface area contributed by atoms with Crippen LogP contribution in [0.25, 0.3) is 0 Å². The number of phenols is 1. The lowest BCUT2D eigenvalue weighted by Gasteiger charge is -2.09. The van der Waals surface area contributed by atoms with Gasteiger partial charge in [0.05, 0.1) is 5.02 Å². The van der Waals surface area contributed by atoms with E-state index in [1.807, 2.05) is 6.92 Å². The van der Waals surface area contributed by atoms with Gasteiger partial charge in [0.15, 0.2) is 0 Å². The molecule has 0 amide bonds. The number of rotatable bonds is 3. The van der Waals surface area contributed by atoms with Crippen LogP contribution in [0.5, 0.6) is 11.5 Å². The summed E-state index contributed by atoms with van der Waals surface area (Å²) < 4.78 is 19.0. The molecule has 0 unspecified atom stereocenters. The lowest BCUT2D eigenvalue weighted by Crippen LogP contribution is -1.99. The first kappa shape index (κ1) is 12.7. The number of halogens is 2. The summed E-state index contributed by atoms with van der Waals surface area (Å²) >= 11 is 5.68. The van der Waals surface area contributed by atoms with Crippen LogP contribution in [0.1, 0.15) is 11.1 Å². The van der Waals surface area contributed by atoms with Crippen molar-refractivity contribution in [2.24, 2.45) is 0 Å². The highest BCUT2D eigenvalue weighted by molar-refractivity contribution is 6.30. The quantitative estimate of drug-likeness (QED) is 0.907. The molecule has 0 aromatic heterocycles. The Kier molecular flexibility index (Phi) is 3.72. The highest BCUT2D eigenvalue weighted by Gasteiger charge is 2.07. The molecule has 0 spiro atoms. The summed E-state index contributed by atoms with van der Waals surface area (Å²) in [5.41, 5.74) is 1.25. The van der Waals surface area contributed by atoms with Crippen molar-refractivity contribution >= 4 is 11.6 Å². The van der Waals surface area contributed by atoms with E-state index in [1.54, 1.807) is 24.3 Å². The summed E-state index contributed by atoms with van der Waals surface area (Å²) in [6.07, 6.45) is 0. The van der Waals surface area contributed by atoms with Gasteiger partial charge in [0.25, 0.3) is 0 Å². The summed E-state index contributed by atoms with van der Waals surface area (Å²) in [4.78, 5) is 0. The fraction of sp³-hybridized carbons (Fsp3) is 0.143. The molecule has 1 N–H and O–H groups in total. The minimum absolute atomic E-state index is 0.0648. The molecule has 0 atom stereocenters. The van der Waals surface area contributed by atoms with Crippen LogP contribution in [0.3, 0.4) is 0 Å². The SMILES string of the molecule is Cc1cc(O)cc(OCc2cccc(Cl)c2F)c1. The van der Waals surface area contributed by atoms with Gasteiger partial charge in [-0.15, -0.1) is 0 Å². The number of phenolic OH excluding ortho intramolecular Hbond substituents is 1. The van der Waals surface area contributed by atoms with Gasteiger partial charge >= 0.3 is 0 Å². The summed E-state index contributed by atoms with van der Waals surface area (Å²) in [6, 6.07) is 9.62. The fourth-order valence-corrected chi connectivity index (χ4v) is 1.83. The number of benzene rings is 2. The molecule has 94 valence electrons. The van der Waals surface area contributed by atoms with E-state index >= 15 is 0 Å². The molecular formula is C14H12ClFO2. The number of hydrogen-bond acceptors (Lipinski definition) is 2. The van der Waals surface area contributed by atoms with Crippen LogP contribution >= 0.6 is 11.6 Å². The highest BCUT2D eigenvalue weighted by atomic mass is 35.5. The van der Waals surface area contributed by atoms with E-state index in [2.05, 4.69) is 0 Å². The van der Waals surface area contributed by atoms with Crippen LogP contribution in [0, 0.1) is 12.7 Å². The highest BCUT2D eigenvalue weighted by Crippen LogP contribution is 2.23. The molecular weight excluding hydrogens is 255 g/mol. The van der Waals surface area contributed by atoms with Gasteiger partial charge < -0.3 is 9.84 Å². The lowest BCUT2D eigenvalue weighted by atomic mass is 10.2. The fourth-order valence-electron chi connectivity index (χ4n) is 1.63. The molecule has 4 heteroatoms. The van der Waals surface area contributed by atoms with Crippen LogP contribution in [-0.2, 0) is 6.61 Å². The van der Waals surface area contributed by atoms with E-state index < -0.39 is 5.82 Å². The van der Waals surface area contributed by atoms with Crippen molar-refractivity contribution in [1.29, 1.82) is 0 Å². The maximum absolute atomic E-state index is 13.6. The Bertz CT molecular complexity index is 549. The van der Waals surface area contributed by atoms with Gasteiger partial charge in [-0.05, 0) is 30.7 Å². The van der Waals surface area contributed by atoms with Crippen LogP contribution in [0.2, 0.25) is 5.02 Å². The Morgan fingerprint density at radius 1 is 1.28 bits per heavy atom. The number of hydrogen-bond donors (Lipinski definition) is 1. The molecule has 18 heavy (non-hydrogen) atoms. The molecule has 0 aliphatic rings. The van der Waals surface area contributed by atoms with Gasteiger partial charge in [-0.3, -0.25) is 0 Å². The molecule has 2 nitrogen and oxygen atoms in total. The summed E-state index contributed by atoms with van der Waals surface area (Å²) in [5, 5.41) is 9.49. The van der Waals surface area contributed by atoms with E-state index in [9.17, 15) is 9.50 Å². The zero-order chi connectivity index (χ0) is 13.1. The van der Waals surface area contributed by atoms with Gasteiger partial charge in [-0.2, -0.15) is 0 Å². The summed E-state index contributed by atoms with van der Waals surface area (Å²) in [5.74, 6) is 0.138. The smallest absolute Gasteiger partial charge is 0.148 e. The average Bonchev–Trinajstić information content (AvgIpc) is 2.30. The topological polar surface area (TPSA) is 29.5 Å². The number of aromatic hydroxyl groups is 1. The first-order valence-electron chi connectivity index (χ1n) is 5.42. The van der Waals surface area contributed by atoms with Crippen molar-refractivity contribution < 1.29 is 14.2 Å². The Morgan fingerprint density at radius 2 is 2.06 bits per heavy atom. The normalized spacial score (nSPS) is 10.4. The maximum atomic E-state index is 13.6. The molecule has 0 fully saturated rings. The number of aryl methyl sites for hydroxylation is 1. The molecule has 0 aliphatic carbocycles. The molecule has 2 aromatic rings. The van der Waals surface area contributed by atoms with Crippen LogP contribution in [0.4, 0.5) is 4.39 Å². The van der Waals surface area contributed by atoms with Gasteiger partial charge in [-0.1, -0.05) is 23.7 Å². The van der Waals surface area contributed by atoms with Crippen molar-refractivity contribution in [3.05, 3.63) is 58.4 Å². The zero-order valence-corrected chi connectivity index (χ0v) is 10.5. The van der Waals surface area contributed by atoms with Gasteiger partial charge in [0.1, 0.15) is 23.9 Å². The minimum Gasteiger partial charge on any atom is -0.508 e. The summed E-state index contributed by atoms with van der Waals surface area (Å²) in [6.45, 7) is 1.90. The van der Waals surface area contributed by atoms with Crippen LogP contribution in [-0.4, -0.2) is 5.11 Å². The maximum Gasteiger partial charge on any atom is 0.148 e. The Balaban J connectivity index is 2.14. The first-order valence-corrected chi connectivity index (χ1v) is 5.80. The predicted octanol–water partition coefficient (Wildman–Crippen LogP) is 4.07. The Hall–Kier alpha value is -1.74. The lowest BCUT2D eigenvalue weighted by molar-refractivity contribution is 0.298. The second-order valence-electron chi connectivity index (χ2n) is 4.01. The third-order valence-electron chi connectivity index (χ3n) is 2.46. The van der Waals surface area contributed by atoms with Gasteiger partial charge in [0, 0.05) is 11.6 Å². The van der Waals surface area contributed by atoms with Crippen molar-refractivity contribution in [3.63, 3.8) is 0 Å². The van der Waals surface area contributed by atoms with E-state index in [4.69, 9.17) is 16.3 Å². The summed E-state index contributed by atoms with van der Waals surface area (Å²) in [7, 11) is 0. The average molecular weight is 267 g/mol. The van der Waals surface area contributed by atoms with E-state index in [1.165, 1.54) is 12.1 Å². The van der Waals surface area contributed by atoms with E-state index in [-0.39, 0.29) is 17.4 Å². The Morgan fingerprint density at radius 3 is 2.78 bits per heavy atom. The van der Waals surface area contributed by atoms with Crippen LogP contribution in [0.15, 0.2) is 36.4 Å². The van der Waals surface area contributed by atoms with Crippen molar-refractivity contribution in [2.45, 2.75) is 13.5 Å². The largest absolute Gasteiger partial charge is 0.508 e. The van der Waals surface area contributed by atoms with Crippen molar-refractivity contribution in [3.8, 4) is 11.5 Å². The molecule has 0 saturated heterocycles. The third-order valence-corrected chi connectivity index (χ3v) is 2.75. The first-order chi connectivity index (χ1) is 8.56. The van der Waals surface area contributed by atoms with Crippen molar-refractivity contribution in [1.82, 2.24) is 0 Å². The predicted molar refractivity (Wildman–Crippen MR) is 68.6 cm³/mol. The molecule has 2 rings (SSSR count). The molecule has 0 saturated carbocycles. The molecule has 0 radical (unpaired) electrons. The monoisotopic (exact) mass is 266 g/mol. The second-order valence-corrected chi connectivity index (χ2v) is 4.41.